The van der Waals surface area contributed by atoms with Crippen molar-refractivity contribution in [1.82, 2.24) is 14.9 Å². The Balaban J connectivity index is 2.12. The second-order valence-electron chi connectivity index (χ2n) is 4.27. The van der Waals surface area contributed by atoms with Gasteiger partial charge in [0.25, 0.3) is 0 Å². The third kappa shape index (κ3) is 2.93. The number of rotatable bonds is 4. The summed E-state index contributed by atoms with van der Waals surface area (Å²) in [6, 6.07) is 1.77. The molecule has 0 spiro atoms. The number of hydrogen-bond donors (Lipinski definition) is 0. The van der Waals surface area contributed by atoms with Crippen LogP contribution in [0.2, 0.25) is 0 Å². The second kappa shape index (κ2) is 6.14. The van der Waals surface area contributed by atoms with Gasteiger partial charge in [-0.25, -0.2) is 0 Å². The molecule has 1 aliphatic heterocycles. The van der Waals surface area contributed by atoms with Crippen LogP contribution >= 0.6 is 0 Å². The first kappa shape index (κ1) is 14.0. The molecule has 0 radical (unpaired) electrons. The van der Waals surface area contributed by atoms with Crippen LogP contribution in [0, 0.1) is 0 Å². The molecule has 20 heavy (non-hydrogen) atoms. The van der Waals surface area contributed by atoms with Gasteiger partial charge in [0.2, 0.25) is 5.91 Å². The molecule has 1 saturated heterocycles. The molecule has 0 aliphatic carbocycles. The van der Waals surface area contributed by atoms with Gasteiger partial charge >= 0.3 is 6.01 Å². The van der Waals surface area contributed by atoms with E-state index < -0.39 is 0 Å². The summed E-state index contributed by atoms with van der Waals surface area (Å²) in [4.78, 5) is 34.2. The number of anilines is 1. The molecule has 0 atom stereocenters. The topological polar surface area (TPSA) is 75.6 Å². The molecular weight excluding hydrogens is 260 g/mol. The largest absolute Gasteiger partial charge is 0.467 e. The molecule has 0 saturated carbocycles. The zero-order valence-electron chi connectivity index (χ0n) is 11.3. The third-order valence-corrected chi connectivity index (χ3v) is 3.11. The van der Waals surface area contributed by atoms with Gasteiger partial charge in [-0.05, 0) is 6.08 Å². The predicted octanol–water partition coefficient (Wildman–Crippen LogP) is 0.132. The Morgan fingerprint density at radius 1 is 1.35 bits per heavy atom. The number of ether oxygens (including phenoxy) is 1. The molecule has 1 aromatic heterocycles. The molecule has 0 unspecified atom stereocenters. The molecule has 1 aromatic rings. The number of carbonyl (C=O) groups is 2. The summed E-state index contributed by atoms with van der Waals surface area (Å²) in [5, 5.41) is 0. The van der Waals surface area contributed by atoms with Gasteiger partial charge in [-0.1, -0.05) is 6.58 Å². The number of piperazine rings is 1. The Bertz CT molecular complexity index is 524. The first-order chi connectivity index (χ1) is 9.67. The maximum atomic E-state index is 11.5. The molecular formula is C13H16N4O3. The zero-order chi connectivity index (χ0) is 14.5. The number of aromatic nitrogens is 2. The van der Waals surface area contributed by atoms with Crippen molar-refractivity contribution >= 4 is 18.0 Å². The third-order valence-electron chi connectivity index (χ3n) is 3.11. The molecule has 2 heterocycles. The zero-order valence-corrected chi connectivity index (χ0v) is 11.3. The van der Waals surface area contributed by atoms with E-state index in [4.69, 9.17) is 4.74 Å². The fraction of sp³-hybridized carbons (Fsp3) is 0.385. The van der Waals surface area contributed by atoms with Crippen LogP contribution in [0.4, 0.5) is 5.82 Å². The molecule has 1 aliphatic rings. The van der Waals surface area contributed by atoms with Gasteiger partial charge in [-0.3, -0.25) is 9.59 Å². The van der Waals surface area contributed by atoms with Crippen molar-refractivity contribution in [2.24, 2.45) is 0 Å². The fourth-order valence-corrected chi connectivity index (χ4v) is 2.03. The first-order valence-electron chi connectivity index (χ1n) is 6.22. The maximum Gasteiger partial charge on any atom is 0.318 e. The lowest BCUT2D eigenvalue weighted by Crippen LogP contribution is -2.48. The lowest BCUT2D eigenvalue weighted by molar-refractivity contribution is -0.126. The highest BCUT2D eigenvalue weighted by atomic mass is 16.5. The predicted molar refractivity (Wildman–Crippen MR) is 73.0 cm³/mol. The van der Waals surface area contributed by atoms with Crippen LogP contribution in [-0.4, -0.2) is 60.4 Å². The highest BCUT2D eigenvalue weighted by molar-refractivity contribution is 5.87. The number of amides is 1. The lowest BCUT2D eigenvalue weighted by Gasteiger charge is -2.34. The van der Waals surface area contributed by atoms with Crippen LogP contribution < -0.4 is 9.64 Å². The maximum absolute atomic E-state index is 11.5. The average molecular weight is 276 g/mol. The summed E-state index contributed by atoms with van der Waals surface area (Å²) in [5.41, 5.74) is 0.274. The van der Waals surface area contributed by atoms with Crippen molar-refractivity contribution in [2.45, 2.75) is 0 Å². The number of nitrogens with zero attached hydrogens (tertiary/aromatic N) is 4. The standard InChI is InChI=1S/C13H16N4O3/c1-3-12(19)17-6-4-16(5-7-17)11-8-10(9-18)14-13(15-11)20-2/h3,8-9H,1,4-7H2,2H3. The molecule has 0 N–H and O–H groups in total. The van der Waals surface area contributed by atoms with E-state index in [9.17, 15) is 9.59 Å². The van der Waals surface area contributed by atoms with Gasteiger partial charge in [-0.2, -0.15) is 9.97 Å². The average Bonchev–Trinajstić information content (AvgIpc) is 2.53. The van der Waals surface area contributed by atoms with Gasteiger partial charge in [0.1, 0.15) is 11.5 Å². The highest BCUT2D eigenvalue weighted by Crippen LogP contribution is 2.17. The highest BCUT2D eigenvalue weighted by Gasteiger charge is 2.21. The van der Waals surface area contributed by atoms with Crippen LogP contribution in [0.25, 0.3) is 0 Å². The minimum atomic E-state index is -0.0708. The quantitative estimate of drug-likeness (QED) is 0.575. The van der Waals surface area contributed by atoms with E-state index in [0.717, 1.165) is 0 Å². The monoisotopic (exact) mass is 276 g/mol. The summed E-state index contributed by atoms with van der Waals surface area (Å²) < 4.78 is 4.98. The molecule has 1 fully saturated rings. The van der Waals surface area contributed by atoms with Gasteiger partial charge in [-0.15, -0.1) is 0 Å². The number of aldehydes is 1. The van der Waals surface area contributed by atoms with E-state index >= 15 is 0 Å². The Labute approximate surface area is 116 Å². The number of carbonyl (C=O) groups excluding carboxylic acids is 2. The van der Waals surface area contributed by atoms with Crippen LogP contribution in [0.15, 0.2) is 18.7 Å². The molecule has 7 nitrogen and oxygen atoms in total. The molecule has 1 amide bonds. The van der Waals surface area contributed by atoms with Crippen LogP contribution in [0.1, 0.15) is 10.5 Å². The van der Waals surface area contributed by atoms with Gasteiger partial charge < -0.3 is 14.5 Å². The Morgan fingerprint density at radius 3 is 2.60 bits per heavy atom. The van der Waals surface area contributed by atoms with E-state index in [0.29, 0.717) is 38.3 Å². The van der Waals surface area contributed by atoms with Crippen molar-refractivity contribution in [3.63, 3.8) is 0 Å². The van der Waals surface area contributed by atoms with Gasteiger partial charge in [0, 0.05) is 32.2 Å². The minimum Gasteiger partial charge on any atom is -0.467 e. The van der Waals surface area contributed by atoms with Crippen molar-refractivity contribution < 1.29 is 14.3 Å². The van der Waals surface area contributed by atoms with Crippen LogP contribution in [-0.2, 0) is 4.79 Å². The van der Waals surface area contributed by atoms with Gasteiger partial charge in [0.05, 0.1) is 7.11 Å². The lowest BCUT2D eigenvalue weighted by atomic mass is 10.3. The van der Waals surface area contributed by atoms with Crippen molar-refractivity contribution in [1.29, 1.82) is 0 Å². The smallest absolute Gasteiger partial charge is 0.318 e. The van der Waals surface area contributed by atoms with Crippen molar-refractivity contribution in [3.05, 3.63) is 24.4 Å². The van der Waals surface area contributed by atoms with Crippen LogP contribution in [0.3, 0.4) is 0 Å². The Kier molecular flexibility index (Phi) is 4.29. The van der Waals surface area contributed by atoms with E-state index in [1.165, 1.54) is 13.2 Å². The molecule has 7 heteroatoms. The van der Waals surface area contributed by atoms with E-state index in [-0.39, 0.29) is 17.6 Å². The molecule has 0 aromatic carbocycles. The molecule has 2 rings (SSSR count). The van der Waals surface area contributed by atoms with E-state index in [2.05, 4.69) is 16.5 Å². The summed E-state index contributed by atoms with van der Waals surface area (Å²) in [7, 11) is 1.45. The summed E-state index contributed by atoms with van der Waals surface area (Å²) in [6.45, 7) is 5.93. The van der Waals surface area contributed by atoms with E-state index in [1.54, 1.807) is 11.0 Å². The first-order valence-corrected chi connectivity index (χ1v) is 6.22. The molecule has 0 bridgehead atoms. The fourth-order valence-electron chi connectivity index (χ4n) is 2.03. The second-order valence-corrected chi connectivity index (χ2v) is 4.27. The van der Waals surface area contributed by atoms with E-state index in [1.807, 2.05) is 4.90 Å². The number of methoxy groups -OCH3 is 1. The molecule has 106 valence electrons. The summed E-state index contributed by atoms with van der Waals surface area (Å²) in [6.07, 6.45) is 1.97. The van der Waals surface area contributed by atoms with Gasteiger partial charge in [0.15, 0.2) is 6.29 Å². The van der Waals surface area contributed by atoms with Crippen molar-refractivity contribution in [3.8, 4) is 6.01 Å². The normalized spacial score (nSPS) is 14.8. The minimum absolute atomic E-state index is 0.0708. The SMILES string of the molecule is C=CC(=O)N1CCN(c2cc(C=O)nc(OC)n2)CC1. The summed E-state index contributed by atoms with van der Waals surface area (Å²) in [5.74, 6) is 0.558. The number of hydrogen-bond acceptors (Lipinski definition) is 6. The Hall–Kier alpha value is -2.44. The van der Waals surface area contributed by atoms with Crippen molar-refractivity contribution in [2.75, 3.05) is 38.2 Å². The van der Waals surface area contributed by atoms with Crippen LogP contribution in [0.5, 0.6) is 6.01 Å². The Morgan fingerprint density at radius 2 is 2.05 bits per heavy atom. The summed E-state index contributed by atoms with van der Waals surface area (Å²) >= 11 is 0.